The molecule has 1 aliphatic carbocycles. The van der Waals surface area contributed by atoms with E-state index in [2.05, 4.69) is 22.9 Å². The summed E-state index contributed by atoms with van der Waals surface area (Å²) >= 11 is 0. The first-order valence-corrected chi connectivity index (χ1v) is 13.4. The number of fused-ring (bicyclic) bond motifs is 1. The quantitative estimate of drug-likeness (QED) is 0.695. The number of hydrogen-bond acceptors (Lipinski definition) is 5. The van der Waals surface area contributed by atoms with Gasteiger partial charge in [-0.3, -0.25) is 0 Å². The van der Waals surface area contributed by atoms with Crippen LogP contribution in [-0.2, 0) is 21.4 Å². The second kappa shape index (κ2) is 10.0. The van der Waals surface area contributed by atoms with Crippen LogP contribution in [0, 0.1) is 0 Å². The topological polar surface area (TPSA) is 77.1 Å². The van der Waals surface area contributed by atoms with Gasteiger partial charge in [0.05, 0.1) is 19.3 Å². The Kier molecular flexibility index (Phi) is 6.87. The van der Waals surface area contributed by atoms with E-state index in [1.807, 2.05) is 30.3 Å². The molecule has 0 bridgehead atoms. The van der Waals surface area contributed by atoms with E-state index in [9.17, 15) is 8.42 Å². The Labute approximate surface area is 196 Å². The zero-order valence-electron chi connectivity index (χ0n) is 18.8. The molecule has 0 unspecified atom stereocenters. The van der Waals surface area contributed by atoms with Gasteiger partial charge in [0.2, 0.25) is 0 Å². The van der Waals surface area contributed by atoms with Gasteiger partial charge in [-0.15, -0.1) is 0 Å². The molecule has 2 aliphatic heterocycles. The predicted molar refractivity (Wildman–Crippen MR) is 126 cm³/mol. The van der Waals surface area contributed by atoms with Crippen LogP contribution in [0.15, 0.2) is 48.5 Å². The molecule has 2 fully saturated rings. The third-order valence-electron chi connectivity index (χ3n) is 6.75. The summed E-state index contributed by atoms with van der Waals surface area (Å²) in [7, 11) is -3.45. The summed E-state index contributed by atoms with van der Waals surface area (Å²) in [5.74, 6) is 1.80. The fourth-order valence-electron chi connectivity index (χ4n) is 4.90. The molecule has 178 valence electrons. The van der Waals surface area contributed by atoms with Crippen molar-refractivity contribution >= 4 is 10.2 Å². The second-order valence-corrected chi connectivity index (χ2v) is 10.8. The zero-order chi connectivity index (χ0) is 22.7. The summed E-state index contributed by atoms with van der Waals surface area (Å²) in [4.78, 5) is 0. The van der Waals surface area contributed by atoms with Crippen LogP contribution >= 0.6 is 0 Å². The molecule has 3 aliphatic rings. The van der Waals surface area contributed by atoms with Crippen LogP contribution < -0.4 is 14.2 Å². The molecule has 0 amide bonds. The van der Waals surface area contributed by atoms with Crippen molar-refractivity contribution in [3.63, 3.8) is 0 Å². The minimum Gasteiger partial charge on any atom is -0.490 e. The summed E-state index contributed by atoms with van der Waals surface area (Å²) in [5, 5.41) is 0. The molecule has 0 aromatic heterocycles. The molecule has 1 N–H and O–H groups in total. The van der Waals surface area contributed by atoms with Crippen LogP contribution in [0.1, 0.15) is 49.3 Å². The van der Waals surface area contributed by atoms with E-state index in [0.29, 0.717) is 26.3 Å². The number of ether oxygens (including phenoxy) is 3. The lowest BCUT2D eigenvalue weighted by molar-refractivity contribution is 0.0719. The summed E-state index contributed by atoms with van der Waals surface area (Å²) < 4.78 is 47.3. The molecule has 1 atom stereocenters. The van der Waals surface area contributed by atoms with Gasteiger partial charge < -0.3 is 14.2 Å². The fourth-order valence-corrected chi connectivity index (χ4v) is 6.34. The van der Waals surface area contributed by atoms with Crippen molar-refractivity contribution in [3.8, 4) is 11.5 Å². The Bertz CT molecular complexity index is 1030. The molecule has 5 rings (SSSR count). The standard InChI is InChI=1S/C25H32N2O5S/c28-33(29,27-14-16-30-17-15-27)26-21-7-9-22(10-8-21)31-23-11-13-25-20(18-23)6-12-24(32-25)19-4-2-1-3-5-19/h1-5,11,13,18,21-22,24,26H,6-10,12,14-17H2/t21?,22?,24-/m0/s1. The molecule has 1 saturated carbocycles. The predicted octanol–water partition coefficient (Wildman–Crippen LogP) is 3.61. The highest BCUT2D eigenvalue weighted by Crippen LogP contribution is 2.37. The number of morpholine rings is 1. The molecule has 0 radical (unpaired) electrons. The first-order chi connectivity index (χ1) is 16.1. The first kappa shape index (κ1) is 22.7. The van der Waals surface area contributed by atoms with Gasteiger partial charge in [0.1, 0.15) is 17.6 Å². The molecule has 0 spiro atoms. The molecule has 7 nitrogen and oxygen atoms in total. The molecular formula is C25H32N2O5S. The zero-order valence-corrected chi connectivity index (χ0v) is 19.6. The average Bonchev–Trinajstić information content (AvgIpc) is 2.86. The highest BCUT2D eigenvalue weighted by Gasteiger charge is 2.30. The van der Waals surface area contributed by atoms with Crippen LogP contribution in [0.2, 0.25) is 0 Å². The maximum atomic E-state index is 12.6. The van der Waals surface area contributed by atoms with Gasteiger partial charge in [-0.05, 0) is 67.9 Å². The van der Waals surface area contributed by atoms with Crippen molar-refractivity contribution in [2.75, 3.05) is 26.3 Å². The molecule has 2 aromatic carbocycles. The highest BCUT2D eigenvalue weighted by atomic mass is 32.2. The second-order valence-electron chi connectivity index (χ2n) is 9.05. The summed E-state index contributed by atoms with van der Waals surface area (Å²) in [6, 6.07) is 16.4. The van der Waals surface area contributed by atoms with Gasteiger partial charge >= 0.3 is 0 Å². The molecule has 2 heterocycles. The average molecular weight is 473 g/mol. The van der Waals surface area contributed by atoms with E-state index in [0.717, 1.165) is 50.0 Å². The minimum atomic E-state index is -3.45. The summed E-state index contributed by atoms with van der Waals surface area (Å²) in [6.07, 6.45) is 5.34. The molecule has 1 saturated heterocycles. The van der Waals surface area contributed by atoms with Crippen LogP contribution in [0.5, 0.6) is 11.5 Å². The Morgan fingerprint density at radius 3 is 2.45 bits per heavy atom. The first-order valence-electron chi connectivity index (χ1n) is 11.9. The highest BCUT2D eigenvalue weighted by molar-refractivity contribution is 7.87. The van der Waals surface area contributed by atoms with Gasteiger partial charge in [0.25, 0.3) is 10.2 Å². The van der Waals surface area contributed by atoms with Crippen molar-refractivity contribution < 1.29 is 22.6 Å². The van der Waals surface area contributed by atoms with Gasteiger partial charge in [0, 0.05) is 19.1 Å². The summed E-state index contributed by atoms with van der Waals surface area (Å²) in [5.41, 5.74) is 2.40. The van der Waals surface area contributed by atoms with E-state index in [4.69, 9.17) is 14.2 Å². The van der Waals surface area contributed by atoms with Gasteiger partial charge in [-0.2, -0.15) is 17.4 Å². The number of nitrogens with one attached hydrogen (secondary N) is 1. The van der Waals surface area contributed by atoms with E-state index in [1.54, 1.807) is 0 Å². The van der Waals surface area contributed by atoms with Crippen LogP contribution in [-0.4, -0.2) is 51.2 Å². The maximum absolute atomic E-state index is 12.6. The van der Waals surface area contributed by atoms with E-state index in [1.165, 1.54) is 15.4 Å². The van der Waals surface area contributed by atoms with Crippen LogP contribution in [0.3, 0.4) is 0 Å². The van der Waals surface area contributed by atoms with Crippen molar-refractivity contribution in [2.45, 2.75) is 56.8 Å². The lowest BCUT2D eigenvalue weighted by Gasteiger charge is -2.32. The Hall–Kier alpha value is -2.13. The Morgan fingerprint density at radius 1 is 0.939 bits per heavy atom. The lowest BCUT2D eigenvalue weighted by Crippen LogP contribution is -2.50. The number of hydrogen-bond donors (Lipinski definition) is 1. The molecule has 2 aromatic rings. The molecule has 8 heteroatoms. The lowest BCUT2D eigenvalue weighted by atomic mass is 9.93. The number of rotatable bonds is 6. The monoisotopic (exact) mass is 472 g/mol. The molecular weight excluding hydrogens is 440 g/mol. The smallest absolute Gasteiger partial charge is 0.279 e. The van der Waals surface area contributed by atoms with Crippen LogP contribution in [0.4, 0.5) is 0 Å². The van der Waals surface area contributed by atoms with E-state index in [-0.39, 0.29) is 18.2 Å². The van der Waals surface area contributed by atoms with Crippen molar-refractivity contribution in [1.82, 2.24) is 9.03 Å². The third-order valence-corrected chi connectivity index (χ3v) is 8.43. The van der Waals surface area contributed by atoms with E-state index >= 15 is 0 Å². The van der Waals surface area contributed by atoms with Crippen molar-refractivity contribution in [2.24, 2.45) is 0 Å². The van der Waals surface area contributed by atoms with E-state index < -0.39 is 10.2 Å². The van der Waals surface area contributed by atoms with Crippen molar-refractivity contribution in [3.05, 3.63) is 59.7 Å². The SMILES string of the molecule is O=S(=O)(NC1CCC(Oc2ccc3c(c2)CC[C@@H](c2ccccc2)O3)CC1)N1CCOCC1. The van der Waals surface area contributed by atoms with Gasteiger partial charge in [0.15, 0.2) is 0 Å². The fraction of sp³-hybridized carbons (Fsp3) is 0.520. The summed E-state index contributed by atoms with van der Waals surface area (Å²) in [6.45, 7) is 1.75. The Balaban J connectivity index is 1.13. The minimum absolute atomic E-state index is 0.0375. The maximum Gasteiger partial charge on any atom is 0.279 e. The number of aryl methyl sites for hydroxylation is 1. The largest absolute Gasteiger partial charge is 0.490 e. The number of nitrogens with zero attached hydrogens (tertiary/aromatic N) is 1. The van der Waals surface area contributed by atoms with Gasteiger partial charge in [-0.1, -0.05) is 30.3 Å². The van der Waals surface area contributed by atoms with Gasteiger partial charge in [-0.25, -0.2) is 0 Å². The Morgan fingerprint density at radius 2 is 1.70 bits per heavy atom. The third kappa shape index (κ3) is 5.51. The van der Waals surface area contributed by atoms with Crippen LogP contribution in [0.25, 0.3) is 0 Å². The number of benzene rings is 2. The molecule has 33 heavy (non-hydrogen) atoms. The van der Waals surface area contributed by atoms with Crippen molar-refractivity contribution in [1.29, 1.82) is 0 Å². The normalized spacial score (nSPS) is 26.2.